The third kappa shape index (κ3) is 3.67. The molecule has 0 spiro atoms. The summed E-state index contributed by atoms with van der Waals surface area (Å²) in [5.74, 6) is -1.93. The minimum Gasteiger partial charge on any atom is -0.459 e. The average Bonchev–Trinajstić information content (AvgIpc) is 3.28. The van der Waals surface area contributed by atoms with Crippen LogP contribution in [-0.2, 0) is 14.3 Å². The van der Waals surface area contributed by atoms with Crippen LogP contribution < -0.4 is 5.32 Å². The van der Waals surface area contributed by atoms with Crippen LogP contribution in [0.4, 0.5) is 0 Å². The number of hydrogen-bond donors (Lipinski definition) is 1. The van der Waals surface area contributed by atoms with Gasteiger partial charge in [0.1, 0.15) is 17.9 Å². The van der Waals surface area contributed by atoms with E-state index in [2.05, 4.69) is 5.32 Å². The van der Waals surface area contributed by atoms with Gasteiger partial charge in [0.2, 0.25) is 0 Å². The highest BCUT2D eigenvalue weighted by atomic mass is 16.5. The maximum Gasteiger partial charge on any atom is 0.326 e. The van der Waals surface area contributed by atoms with Crippen LogP contribution in [0.5, 0.6) is 0 Å². The van der Waals surface area contributed by atoms with E-state index in [9.17, 15) is 19.2 Å². The van der Waals surface area contributed by atoms with Gasteiger partial charge >= 0.3 is 5.97 Å². The largest absolute Gasteiger partial charge is 0.459 e. The minimum absolute atomic E-state index is 0.243. The highest BCUT2D eigenvalue weighted by molar-refractivity contribution is 6.22. The molecule has 2 heterocycles. The monoisotopic (exact) mass is 406 g/mol. The lowest BCUT2D eigenvalue weighted by molar-refractivity contribution is -0.148. The molecule has 0 bridgehead atoms. The van der Waals surface area contributed by atoms with Gasteiger partial charge in [-0.2, -0.15) is 0 Å². The highest BCUT2D eigenvalue weighted by Crippen LogP contribution is 2.24. The van der Waals surface area contributed by atoms with Crippen molar-refractivity contribution in [1.29, 1.82) is 0 Å². The van der Waals surface area contributed by atoms with Gasteiger partial charge in [0.25, 0.3) is 17.7 Å². The summed E-state index contributed by atoms with van der Waals surface area (Å²) in [5, 5.41) is 3.60. The van der Waals surface area contributed by atoms with Crippen LogP contribution in [0, 0.1) is 0 Å². The lowest BCUT2D eigenvalue weighted by atomic mass is 10.1. The lowest BCUT2D eigenvalue weighted by Gasteiger charge is -2.14. The van der Waals surface area contributed by atoms with E-state index in [0.29, 0.717) is 11.3 Å². The number of benzene rings is 2. The molecule has 0 fully saturated rings. The molecule has 1 N–H and O–H groups in total. The summed E-state index contributed by atoms with van der Waals surface area (Å²) in [5.41, 5.74) is 1.20. The van der Waals surface area contributed by atoms with Gasteiger partial charge in [0.05, 0.1) is 17.2 Å². The third-order valence-electron chi connectivity index (χ3n) is 4.78. The summed E-state index contributed by atoms with van der Waals surface area (Å²) in [6.07, 6.45) is 0. The first-order valence-electron chi connectivity index (χ1n) is 9.32. The number of rotatable bonds is 6. The van der Waals surface area contributed by atoms with Crippen molar-refractivity contribution in [2.45, 2.75) is 13.0 Å². The van der Waals surface area contributed by atoms with Gasteiger partial charge in [-0.25, -0.2) is 0 Å². The zero-order valence-corrected chi connectivity index (χ0v) is 16.1. The number of nitrogens with zero attached hydrogens (tertiary/aromatic N) is 1. The van der Waals surface area contributed by atoms with Crippen molar-refractivity contribution < 1.29 is 28.3 Å². The van der Waals surface area contributed by atoms with Crippen LogP contribution in [0.25, 0.3) is 11.0 Å². The normalized spacial score (nSPS) is 14.0. The molecule has 0 aliphatic carbocycles. The molecule has 4 rings (SSSR count). The van der Waals surface area contributed by atoms with Gasteiger partial charge in [0, 0.05) is 5.39 Å². The number of amides is 3. The number of ether oxygens (including phenoxy) is 1. The lowest BCUT2D eigenvalue weighted by Crippen LogP contribution is -2.37. The number of esters is 1. The number of para-hydroxylation sites is 1. The fraction of sp³-hybridized carbons (Fsp3) is 0.182. The summed E-state index contributed by atoms with van der Waals surface area (Å²) in [7, 11) is 0. The quantitative estimate of drug-likeness (QED) is 0.498. The Morgan fingerprint density at radius 1 is 1.03 bits per heavy atom. The van der Waals surface area contributed by atoms with Gasteiger partial charge in [0.15, 0.2) is 6.61 Å². The summed E-state index contributed by atoms with van der Waals surface area (Å²) >= 11 is 0. The molecule has 3 aromatic rings. The van der Waals surface area contributed by atoms with Gasteiger partial charge in [-0.15, -0.1) is 0 Å². The second-order valence-corrected chi connectivity index (χ2v) is 6.88. The smallest absolute Gasteiger partial charge is 0.326 e. The number of hydrogen-bond acceptors (Lipinski definition) is 6. The number of carbonyl (C=O) groups is 4. The summed E-state index contributed by atoms with van der Waals surface area (Å²) in [6, 6.07) is 15.2. The molecular formula is C22H18N2O6. The van der Waals surface area contributed by atoms with Crippen molar-refractivity contribution in [3.05, 3.63) is 71.5 Å². The van der Waals surface area contributed by atoms with Crippen LogP contribution in [0.1, 0.15) is 39.4 Å². The Kier molecular flexibility index (Phi) is 5.05. The fourth-order valence-corrected chi connectivity index (χ4v) is 3.27. The zero-order valence-electron chi connectivity index (χ0n) is 16.1. The number of fused-ring (bicyclic) bond motifs is 2. The Hall–Kier alpha value is -3.94. The van der Waals surface area contributed by atoms with E-state index < -0.39 is 42.9 Å². The second kappa shape index (κ2) is 7.82. The Labute approximate surface area is 171 Å². The number of carbonyl (C=O) groups excluding carboxylic acids is 4. The van der Waals surface area contributed by atoms with Gasteiger partial charge in [-0.1, -0.05) is 30.3 Å². The van der Waals surface area contributed by atoms with E-state index in [4.69, 9.17) is 9.15 Å². The topological polar surface area (TPSA) is 106 Å². The highest BCUT2D eigenvalue weighted by Gasteiger charge is 2.36. The summed E-state index contributed by atoms with van der Waals surface area (Å²) in [4.78, 5) is 49.5. The molecule has 8 nitrogen and oxygen atoms in total. The maximum absolute atomic E-state index is 12.3. The van der Waals surface area contributed by atoms with Crippen molar-refractivity contribution in [2.24, 2.45) is 0 Å². The van der Waals surface area contributed by atoms with Gasteiger partial charge < -0.3 is 14.5 Å². The molecule has 0 radical (unpaired) electrons. The summed E-state index contributed by atoms with van der Waals surface area (Å²) < 4.78 is 10.6. The van der Waals surface area contributed by atoms with E-state index in [1.165, 1.54) is 12.1 Å². The first-order chi connectivity index (χ1) is 14.4. The Morgan fingerprint density at radius 2 is 1.67 bits per heavy atom. The number of furan rings is 1. The van der Waals surface area contributed by atoms with Crippen LogP contribution in [0.15, 0.2) is 59.0 Å². The first-order valence-corrected chi connectivity index (χ1v) is 9.32. The Balaban J connectivity index is 1.29. The molecule has 30 heavy (non-hydrogen) atoms. The molecule has 152 valence electrons. The molecule has 0 saturated carbocycles. The van der Waals surface area contributed by atoms with E-state index in [0.717, 1.165) is 10.3 Å². The second-order valence-electron chi connectivity index (χ2n) is 6.88. The summed E-state index contributed by atoms with van der Waals surface area (Å²) in [6.45, 7) is 0.654. The van der Waals surface area contributed by atoms with E-state index in [1.54, 1.807) is 19.1 Å². The van der Waals surface area contributed by atoms with Crippen LogP contribution in [-0.4, -0.2) is 41.7 Å². The van der Waals surface area contributed by atoms with Crippen molar-refractivity contribution in [3.63, 3.8) is 0 Å². The molecule has 1 atom stereocenters. The molecule has 3 amide bonds. The van der Waals surface area contributed by atoms with Crippen LogP contribution >= 0.6 is 0 Å². The molecule has 0 unspecified atom stereocenters. The fourth-order valence-electron chi connectivity index (χ4n) is 3.27. The molecular weight excluding hydrogens is 388 g/mol. The third-order valence-corrected chi connectivity index (χ3v) is 4.78. The minimum atomic E-state index is -0.851. The number of imide groups is 1. The van der Waals surface area contributed by atoms with Crippen molar-refractivity contribution in [2.75, 3.05) is 13.2 Å². The Bertz CT molecular complexity index is 1100. The molecule has 0 saturated heterocycles. The maximum atomic E-state index is 12.3. The number of nitrogens with one attached hydrogen (secondary N) is 1. The van der Waals surface area contributed by atoms with Crippen molar-refractivity contribution in [3.8, 4) is 0 Å². The van der Waals surface area contributed by atoms with Crippen LogP contribution in [0.3, 0.4) is 0 Å². The van der Waals surface area contributed by atoms with Crippen molar-refractivity contribution >= 4 is 34.7 Å². The Morgan fingerprint density at radius 3 is 2.33 bits per heavy atom. The molecule has 1 aromatic heterocycles. The standard InChI is InChI=1S/C22H18N2O6/c1-13(18-10-14-6-2-5-9-17(14)30-18)23-19(25)12-29-20(26)11-24-21(27)15-7-3-4-8-16(15)22(24)28/h2-10,13H,11-12H2,1H3,(H,23,25)/t13-/m0/s1. The molecule has 2 aromatic carbocycles. The van der Waals surface area contributed by atoms with E-state index >= 15 is 0 Å². The zero-order chi connectivity index (χ0) is 21.3. The van der Waals surface area contributed by atoms with E-state index in [1.807, 2.05) is 30.3 Å². The molecule has 1 aliphatic rings. The van der Waals surface area contributed by atoms with Crippen LogP contribution in [0.2, 0.25) is 0 Å². The molecule has 8 heteroatoms. The van der Waals surface area contributed by atoms with E-state index in [-0.39, 0.29) is 11.1 Å². The van der Waals surface area contributed by atoms with Gasteiger partial charge in [-0.05, 0) is 31.2 Å². The predicted octanol–water partition coefficient (Wildman–Crippen LogP) is 2.45. The van der Waals surface area contributed by atoms with Crippen molar-refractivity contribution in [1.82, 2.24) is 10.2 Å². The molecule has 1 aliphatic heterocycles. The predicted molar refractivity (Wildman–Crippen MR) is 106 cm³/mol. The first kappa shape index (κ1) is 19.4. The van der Waals surface area contributed by atoms with Gasteiger partial charge in [-0.3, -0.25) is 24.1 Å². The average molecular weight is 406 g/mol. The SMILES string of the molecule is C[C@H](NC(=O)COC(=O)CN1C(=O)c2ccccc2C1=O)c1cc2ccccc2o1.